The average molecular weight is 223 g/mol. The van der Waals surface area contributed by atoms with E-state index in [9.17, 15) is 0 Å². The van der Waals surface area contributed by atoms with Gasteiger partial charge in [-0.15, -0.1) is 0 Å². The first-order valence-electron chi connectivity index (χ1n) is 6.21. The molecule has 1 fully saturated rings. The maximum Gasteiger partial charge on any atom is 0.0604 e. The molecule has 1 saturated carbocycles. The van der Waals surface area contributed by atoms with Gasteiger partial charge in [0.05, 0.1) is 6.10 Å². The molecule has 4 heteroatoms. The van der Waals surface area contributed by atoms with Crippen molar-refractivity contribution in [3.05, 3.63) is 18.5 Å². The van der Waals surface area contributed by atoms with E-state index >= 15 is 0 Å². The van der Waals surface area contributed by atoms with Gasteiger partial charge in [-0.25, -0.2) is 0 Å². The second kappa shape index (κ2) is 6.01. The van der Waals surface area contributed by atoms with Gasteiger partial charge in [-0.2, -0.15) is 5.10 Å². The van der Waals surface area contributed by atoms with E-state index in [2.05, 4.69) is 17.3 Å². The van der Waals surface area contributed by atoms with Crippen LogP contribution in [0, 0.1) is 0 Å². The van der Waals surface area contributed by atoms with Crippen LogP contribution in [0.2, 0.25) is 0 Å². The van der Waals surface area contributed by atoms with Crippen LogP contribution in [0.5, 0.6) is 0 Å². The van der Waals surface area contributed by atoms with Crippen LogP contribution in [0.4, 0.5) is 0 Å². The van der Waals surface area contributed by atoms with Crippen molar-refractivity contribution in [2.75, 3.05) is 13.2 Å². The summed E-state index contributed by atoms with van der Waals surface area (Å²) in [5, 5.41) is 7.72. The van der Waals surface area contributed by atoms with Crippen LogP contribution in [-0.4, -0.2) is 35.1 Å². The number of ether oxygens (including phenoxy) is 1. The number of nitrogens with zero attached hydrogens (tertiary/aromatic N) is 2. The largest absolute Gasteiger partial charge is 0.378 e. The lowest BCUT2D eigenvalue weighted by molar-refractivity contribution is -0.00979. The molecule has 0 aliphatic heterocycles. The van der Waals surface area contributed by atoms with Crippen molar-refractivity contribution in [1.82, 2.24) is 15.1 Å². The minimum atomic E-state index is 0.508. The minimum absolute atomic E-state index is 0.508. The summed E-state index contributed by atoms with van der Waals surface area (Å²) in [4.78, 5) is 0. The highest BCUT2D eigenvalue weighted by atomic mass is 16.5. The van der Waals surface area contributed by atoms with Gasteiger partial charge in [0.2, 0.25) is 0 Å². The lowest BCUT2D eigenvalue weighted by Gasteiger charge is -2.35. The van der Waals surface area contributed by atoms with Crippen molar-refractivity contribution >= 4 is 0 Å². The van der Waals surface area contributed by atoms with E-state index in [1.165, 1.54) is 12.8 Å². The Bertz CT molecular complexity index is 280. The molecular formula is C12H21N3O. The second-order valence-electron chi connectivity index (χ2n) is 4.32. The van der Waals surface area contributed by atoms with Crippen molar-refractivity contribution in [2.24, 2.45) is 0 Å². The van der Waals surface area contributed by atoms with Gasteiger partial charge in [-0.05, 0) is 38.8 Å². The van der Waals surface area contributed by atoms with E-state index in [0.717, 1.165) is 26.1 Å². The molecule has 4 nitrogen and oxygen atoms in total. The highest BCUT2D eigenvalue weighted by molar-refractivity contribution is 4.85. The summed E-state index contributed by atoms with van der Waals surface area (Å²) in [7, 11) is 0. The van der Waals surface area contributed by atoms with Gasteiger partial charge in [-0.1, -0.05) is 0 Å². The SMILES string of the molecule is CCOC1CC(NCCCn2cccn2)C1. The predicted octanol–water partition coefficient (Wildman–Crippen LogP) is 1.43. The molecule has 90 valence electrons. The molecule has 0 amide bonds. The third-order valence-corrected chi connectivity index (χ3v) is 3.05. The van der Waals surface area contributed by atoms with Crippen LogP contribution in [-0.2, 0) is 11.3 Å². The third kappa shape index (κ3) is 3.32. The summed E-state index contributed by atoms with van der Waals surface area (Å²) < 4.78 is 7.50. The Kier molecular flexibility index (Phi) is 4.36. The Morgan fingerprint density at radius 2 is 2.38 bits per heavy atom. The molecule has 1 heterocycles. The predicted molar refractivity (Wildman–Crippen MR) is 63.3 cm³/mol. The van der Waals surface area contributed by atoms with Crippen LogP contribution in [0.15, 0.2) is 18.5 Å². The van der Waals surface area contributed by atoms with Crippen molar-refractivity contribution in [3.63, 3.8) is 0 Å². The third-order valence-electron chi connectivity index (χ3n) is 3.05. The number of nitrogens with one attached hydrogen (secondary N) is 1. The molecule has 1 aromatic rings. The molecule has 16 heavy (non-hydrogen) atoms. The number of aromatic nitrogens is 2. The number of hydrogen-bond acceptors (Lipinski definition) is 3. The van der Waals surface area contributed by atoms with Crippen LogP contribution >= 0.6 is 0 Å². The average Bonchev–Trinajstić information content (AvgIpc) is 2.72. The molecule has 0 aromatic carbocycles. The quantitative estimate of drug-likeness (QED) is 0.711. The normalized spacial score (nSPS) is 24.3. The Morgan fingerprint density at radius 3 is 3.06 bits per heavy atom. The summed E-state index contributed by atoms with van der Waals surface area (Å²) in [6.07, 6.45) is 7.83. The fourth-order valence-electron chi connectivity index (χ4n) is 2.08. The van der Waals surface area contributed by atoms with Crippen molar-refractivity contribution in [3.8, 4) is 0 Å². The summed E-state index contributed by atoms with van der Waals surface area (Å²) in [5.41, 5.74) is 0. The van der Waals surface area contributed by atoms with Gasteiger partial charge >= 0.3 is 0 Å². The molecule has 0 atom stereocenters. The van der Waals surface area contributed by atoms with Gasteiger partial charge in [0.1, 0.15) is 0 Å². The highest BCUT2D eigenvalue weighted by Crippen LogP contribution is 2.22. The van der Waals surface area contributed by atoms with Crippen LogP contribution in [0.1, 0.15) is 26.2 Å². The first-order valence-corrected chi connectivity index (χ1v) is 6.21. The Balaban J connectivity index is 1.47. The number of aryl methyl sites for hydroxylation is 1. The zero-order valence-corrected chi connectivity index (χ0v) is 9.93. The van der Waals surface area contributed by atoms with E-state index in [1.807, 2.05) is 23.1 Å². The van der Waals surface area contributed by atoms with Crippen LogP contribution in [0.25, 0.3) is 0 Å². The Hall–Kier alpha value is -0.870. The van der Waals surface area contributed by atoms with Gasteiger partial charge in [0, 0.05) is 31.6 Å². The molecule has 1 aromatic heterocycles. The van der Waals surface area contributed by atoms with E-state index in [0.29, 0.717) is 12.1 Å². The Labute approximate surface area is 97.0 Å². The van der Waals surface area contributed by atoms with Crippen molar-refractivity contribution < 1.29 is 4.74 Å². The van der Waals surface area contributed by atoms with E-state index in [-0.39, 0.29) is 0 Å². The fraction of sp³-hybridized carbons (Fsp3) is 0.750. The first kappa shape index (κ1) is 11.6. The molecule has 0 spiro atoms. The summed E-state index contributed by atoms with van der Waals surface area (Å²) >= 11 is 0. The monoisotopic (exact) mass is 223 g/mol. The molecule has 1 aliphatic rings. The Morgan fingerprint density at radius 1 is 1.50 bits per heavy atom. The van der Waals surface area contributed by atoms with Crippen molar-refractivity contribution in [2.45, 2.75) is 44.9 Å². The van der Waals surface area contributed by atoms with Gasteiger partial charge in [-0.3, -0.25) is 4.68 Å². The standard InChI is InChI=1S/C12H21N3O/c1-2-16-12-9-11(10-12)13-5-3-7-15-8-4-6-14-15/h4,6,8,11-13H,2-3,5,7,9-10H2,1H3. The van der Waals surface area contributed by atoms with Gasteiger partial charge in [0.25, 0.3) is 0 Å². The fourth-order valence-corrected chi connectivity index (χ4v) is 2.08. The molecule has 1 N–H and O–H groups in total. The molecule has 0 radical (unpaired) electrons. The van der Waals surface area contributed by atoms with E-state index in [4.69, 9.17) is 4.74 Å². The zero-order valence-electron chi connectivity index (χ0n) is 9.93. The lowest BCUT2D eigenvalue weighted by Crippen LogP contribution is -2.45. The van der Waals surface area contributed by atoms with Crippen molar-refractivity contribution in [1.29, 1.82) is 0 Å². The molecule has 0 bridgehead atoms. The van der Waals surface area contributed by atoms with Gasteiger partial charge in [0.15, 0.2) is 0 Å². The molecule has 2 rings (SSSR count). The molecule has 0 saturated heterocycles. The smallest absolute Gasteiger partial charge is 0.0604 e. The number of hydrogen-bond donors (Lipinski definition) is 1. The minimum Gasteiger partial charge on any atom is -0.378 e. The number of rotatable bonds is 7. The second-order valence-corrected chi connectivity index (χ2v) is 4.32. The maximum absolute atomic E-state index is 5.52. The zero-order chi connectivity index (χ0) is 11.2. The summed E-state index contributed by atoms with van der Waals surface area (Å²) in [6, 6.07) is 2.64. The molecular weight excluding hydrogens is 202 g/mol. The molecule has 0 unspecified atom stereocenters. The van der Waals surface area contributed by atoms with Crippen LogP contribution in [0.3, 0.4) is 0 Å². The summed E-state index contributed by atoms with van der Waals surface area (Å²) in [5.74, 6) is 0. The first-order chi connectivity index (χ1) is 7.88. The maximum atomic E-state index is 5.52. The van der Waals surface area contributed by atoms with E-state index in [1.54, 1.807) is 0 Å². The highest BCUT2D eigenvalue weighted by Gasteiger charge is 2.28. The van der Waals surface area contributed by atoms with Crippen LogP contribution < -0.4 is 5.32 Å². The lowest BCUT2D eigenvalue weighted by atomic mass is 9.89. The topological polar surface area (TPSA) is 39.1 Å². The van der Waals surface area contributed by atoms with E-state index < -0.39 is 0 Å². The molecule has 1 aliphatic carbocycles. The summed E-state index contributed by atoms with van der Waals surface area (Å²) in [6.45, 7) is 4.98. The van der Waals surface area contributed by atoms with Gasteiger partial charge < -0.3 is 10.1 Å².